The van der Waals surface area contributed by atoms with Crippen LogP contribution in [0.25, 0.3) is 0 Å². The number of anilines is 1. The fourth-order valence-corrected chi connectivity index (χ4v) is 4.67. The first-order valence-electron chi connectivity index (χ1n) is 10.8. The Kier molecular flexibility index (Phi) is 5.03. The Morgan fingerprint density at radius 2 is 1.32 bits per heavy atom. The molecule has 2 heterocycles. The number of nitrogens with zero attached hydrogens (tertiary/aromatic N) is 1. The van der Waals surface area contributed by atoms with Crippen LogP contribution in [0.5, 0.6) is 0 Å². The summed E-state index contributed by atoms with van der Waals surface area (Å²) in [5.41, 5.74) is 0.919. The maximum Gasteiger partial charge on any atom is 0.329 e. The molecule has 164 valence electrons. The number of para-hydroxylation sites is 1. The molecule has 9 nitrogen and oxygen atoms in total. The molecule has 2 aliphatic heterocycles. The highest BCUT2D eigenvalue weighted by Crippen LogP contribution is 2.46. The van der Waals surface area contributed by atoms with Crippen molar-refractivity contribution < 1.29 is 28.7 Å². The second-order valence-corrected chi connectivity index (χ2v) is 8.64. The molecule has 6 atom stereocenters. The number of amides is 2. The van der Waals surface area contributed by atoms with Gasteiger partial charge in [0.25, 0.3) is 0 Å². The van der Waals surface area contributed by atoms with E-state index in [2.05, 4.69) is 10.6 Å². The highest BCUT2D eigenvalue weighted by Gasteiger charge is 2.58. The molecule has 5 rings (SSSR count). The van der Waals surface area contributed by atoms with Crippen LogP contribution >= 0.6 is 0 Å². The van der Waals surface area contributed by atoms with Crippen molar-refractivity contribution in [1.29, 1.82) is 0 Å². The fourth-order valence-electron chi connectivity index (χ4n) is 4.67. The standard InChI is InChI=1S/C22H25N3O6/c26-19-15-10-13(15)17(23-19)21(28)30-8-6-25(12-4-2-1-3-5-12)7-9-31-22(29)18-14-11-16(14)20(27)24-18/h1-5,13-18H,6-11H2,(H,23,26)(H,24,27)/t13-,14-,15+,16+,17+,18+/m0/s1. The van der Waals surface area contributed by atoms with Crippen LogP contribution in [0, 0.1) is 23.7 Å². The summed E-state index contributed by atoms with van der Waals surface area (Å²) in [7, 11) is 0. The van der Waals surface area contributed by atoms with Gasteiger partial charge in [-0.2, -0.15) is 0 Å². The SMILES string of the molecule is O=C1N[C@@H](C(=O)OCCN(CCOC(=O)[C@@H]2NC(=O)[C@@H]3C[C@@H]32)c2ccccc2)[C@H]2C[C@@H]12. The normalized spacial score (nSPS) is 31.7. The Morgan fingerprint density at radius 3 is 1.71 bits per heavy atom. The minimum Gasteiger partial charge on any atom is -0.462 e. The third kappa shape index (κ3) is 3.96. The summed E-state index contributed by atoms with van der Waals surface area (Å²) in [6.07, 6.45) is 1.52. The van der Waals surface area contributed by atoms with Crippen LogP contribution < -0.4 is 15.5 Å². The fraction of sp³-hybridized carbons (Fsp3) is 0.545. The number of esters is 2. The Hall–Kier alpha value is -3.10. The molecule has 0 bridgehead atoms. The molecule has 2 amide bonds. The average molecular weight is 427 g/mol. The molecule has 2 saturated heterocycles. The van der Waals surface area contributed by atoms with E-state index in [0.29, 0.717) is 13.1 Å². The number of benzene rings is 1. The summed E-state index contributed by atoms with van der Waals surface area (Å²) < 4.78 is 10.8. The minimum absolute atomic E-state index is 0.0244. The second-order valence-electron chi connectivity index (χ2n) is 8.64. The maximum atomic E-state index is 12.3. The molecule has 0 aromatic heterocycles. The van der Waals surface area contributed by atoms with E-state index in [1.165, 1.54) is 0 Å². The van der Waals surface area contributed by atoms with Crippen LogP contribution in [-0.2, 0) is 28.7 Å². The van der Waals surface area contributed by atoms with Crippen LogP contribution in [0.3, 0.4) is 0 Å². The largest absolute Gasteiger partial charge is 0.462 e. The molecule has 1 aromatic rings. The van der Waals surface area contributed by atoms with Crippen molar-refractivity contribution in [3.63, 3.8) is 0 Å². The van der Waals surface area contributed by atoms with E-state index < -0.39 is 24.0 Å². The highest BCUT2D eigenvalue weighted by atomic mass is 16.5. The van der Waals surface area contributed by atoms with Gasteiger partial charge in [0.1, 0.15) is 25.3 Å². The molecule has 9 heteroatoms. The van der Waals surface area contributed by atoms with E-state index in [1.54, 1.807) is 0 Å². The lowest BCUT2D eigenvalue weighted by molar-refractivity contribution is -0.147. The lowest BCUT2D eigenvalue weighted by atomic mass is 10.2. The summed E-state index contributed by atoms with van der Waals surface area (Å²) in [5.74, 6) is -0.806. The smallest absolute Gasteiger partial charge is 0.329 e. The van der Waals surface area contributed by atoms with Crippen molar-refractivity contribution in [2.75, 3.05) is 31.2 Å². The van der Waals surface area contributed by atoms with Crippen LogP contribution in [0.1, 0.15) is 12.8 Å². The number of ether oxygens (including phenoxy) is 2. The van der Waals surface area contributed by atoms with Gasteiger partial charge in [0.05, 0.1) is 13.1 Å². The number of nitrogens with one attached hydrogen (secondary N) is 2. The van der Waals surface area contributed by atoms with Crippen LogP contribution in [-0.4, -0.2) is 62.1 Å². The lowest BCUT2D eigenvalue weighted by Crippen LogP contribution is -2.41. The second kappa shape index (κ2) is 7.86. The van der Waals surface area contributed by atoms with Gasteiger partial charge in [-0.05, 0) is 25.0 Å². The zero-order valence-corrected chi connectivity index (χ0v) is 17.0. The molecule has 4 aliphatic rings. The van der Waals surface area contributed by atoms with Crippen molar-refractivity contribution in [1.82, 2.24) is 10.6 Å². The Morgan fingerprint density at radius 1 is 0.839 bits per heavy atom. The molecule has 0 radical (unpaired) electrons. The number of fused-ring (bicyclic) bond motifs is 2. The average Bonchev–Trinajstić information content (AvgIpc) is 3.68. The van der Waals surface area contributed by atoms with E-state index in [9.17, 15) is 19.2 Å². The van der Waals surface area contributed by atoms with Gasteiger partial charge in [-0.1, -0.05) is 18.2 Å². The van der Waals surface area contributed by atoms with Gasteiger partial charge in [-0.25, -0.2) is 9.59 Å². The van der Waals surface area contributed by atoms with E-state index in [0.717, 1.165) is 18.5 Å². The van der Waals surface area contributed by atoms with Gasteiger partial charge in [-0.3, -0.25) is 9.59 Å². The molecule has 0 spiro atoms. The maximum absolute atomic E-state index is 12.3. The first-order chi connectivity index (χ1) is 15.0. The molecule has 1 aromatic carbocycles. The molecule has 2 N–H and O–H groups in total. The Labute approximate surface area is 179 Å². The molecule has 4 fully saturated rings. The van der Waals surface area contributed by atoms with Gasteiger partial charge in [0.15, 0.2) is 0 Å². The summed E-state index contributed by atoms with van der Waals surface area (Å²) in [4.78, 5) is 49.8. The van der Waals surface area contributed by atoms with Crippen molar-refractivity contribution in [3.05, 3.63) is 30.3 Å². The van der Waals surface area contributed by atoms with Gasteiger partial charge >= 0.3 is 11.9 Å². The van der Waals surface area contributed by atoms with Crippen molar-refractivity contribution in [2.45, 2.75) is 24.9 Å². The monoisotopic (exact) mass is 427 g/mol. The summed E-state index contributed by atoms with van der Waals surface area (Å²) >= 11 is 0. The molecule has 0 unspecified atom stereocenters. The summed E-state index contributed by atoms with van der Waals surface area (Å²) in [5, 5.41) is 5.38. The van der Waals surface area contributed by atoms with Crippen LogP contribution in [0.15, 0.2) is 30.3 Å². The Balaban J connectivity index is 1.11. The van der Waals surface area contributed by atoms with Crippen LogP contribution in [0.4, 0.5) is 5.69 Å². The minimum atomic E-state index is -0.531. The first kappa shape index (κ1) is 19.8. The van der Waals surface area contributed by atoms with Gasteiger partial charge < -0.3 is 25.0 Å². The first-order valence-corrected chi connectivity index (χ1v) is 10.8. The zero-order chi connectivity index (χ0) is 21.5. The van der Waals surface area contributed by atoms with Gasteiger partial charge in [0, 0.05) is 29.4 Å². The number of piperidine rings is 2. The number of hydrogen-bond donors (Lipinski definition) is 2. The predicted molar refractivity (Wildman–Crippen MR) is 108 cm³/mol. The predicted octanol–water partition coefficient (Wildman–Crippen LogP) is -0.152. The number of carbonyl (C=O) groups is 4. The summed E-state index contributed by atoms with van der Waals surface area (Å²) in [6.45, 7) is 1.17. The molecular formula is C22H25N3O6. The number of rotatable bonds is 9. The van der Waals surface area contributed by atoms with E-state index in [4.69, 9.17) is 9.47 Å². The van der Waals surface area contributed by atoms with E-state index >= 15 is 0 Å². The quantitative estimate of drug-likeness (QED) is 0.527. The van der Waals surface area contributed by atoms with Crippen molar-refractivity contribution in [2.24, 2.45) is 23.7 Å². The topological polar surface area (TPSA) is 114 Å². The van der Waals surface area contributed by atoms with Gasteiger partial charge in [0.2, 0.25) is 11.8 Å². The van der Waals surface area contributed by atoms with Crippen molar-refractivity contribution >= 4 is 29.4 Å². The number of hydrogen-bond acceptors (Lipinski definition) is 7. The molecular weight excluding hydrogens is 402 g/mol. The third-order valence-electron chi connectivity index (χ3n) is 6.65. The van der Waals surface area contributed by atoms with Crippen LogP contribution in [0.2, 0.25) is 0 Å². The number of carbonyl (C=O) groups excluding carboxylic acids is 4. The Bertz CT molecular complexity index is 852. The van der Waals surface area contributed by atoms with Crippen molar-refractivity contribution in [3.8, 4) is 0 Å². The van der Waals surface area contributed by atoms with E-state index in [-0.39, 0.29) is 48.7 Å². The zero-order valence-electron chi connectivity index (χ0n) is 17.0. The third-order valence-corrected chi connectivity index (χ3v) is 6.65. The summed E-state index contributed by atoms with van der Waals surface area (Å²) in [6, 6.07) is 8.52. The van der Waals surface area contributed by atoms with Gasteiger partial charge in [-0.15, -0.1) is 0 Å². The lowest BCUT2D eigenvalue weighted by Gasteiger charge is -2.25. The molecule has 2 saturated carbocycles. The van der Waals surface area contributed by atoms with E-state index in [1.807, 2.05) is 35.2 Å². The molecule has 31 heavy (non-hydrogen) atoms. The highest BCUT2D eigenvalue weighted by molar-refractivity contribution is 5.94. The molecule has 2 aliphatic carbocycles.